The Morgan fingerprint density at radius 3 is 2.43 bits per heavy atom. The van der Waals surface area contributed by atoms with Gasteiger partial charge in [-0.1, -0.05) is 41.4 Å². The number of hydrogen-bond acceptors (Lipinski definition) is 4. The lowest BCUT2D eigenvalue weighted by atomic mass is 10.1. The van der Waals surface area contributed by atoms with Crippen molar-refractivity contribution in [2.75, 3.05) is 4.90 Å². The van der Waals surface area contributed by atoms with Crippen LogP contribution in [-0.2, 0) is 16.2 Å². The lowest BCUT2D eigenvalue weighted by Gasteiger charge is -2.26. The molecule has 3 aromatic rings. The van der Waals surface area contributed by atoms with Crippen molar-refractivity contribution in [3.05, 3.63) is 96.0 Å². The summed E-state index contributed by atoms with van der Waals surface area (Å²) in [5.41, 5.74) is 3.61. The standard InChI is InChI=1S/C26H19Cl2IN2O4/c1-14-3-7-19(9-15(14)2)31-25(33)20(24(32)30-26(31)34)10-16-4-8-23(22(29)11-16)35-13-17-5-6-18(27)12-21(17)28/h3-12H,13H2,1-2H3,(H,30,32,34)/b20-10+. The van der Waals surface area contributed by atoms with Gasteiger partial charge in [-0.2, -0.15) is 0 Å². The molecule has 1 fully saturated rings. The van der Waals surface area contributed by atoms with E-state index in [1.165, 1.54) is 6.08 Å². The van der Waals surface area contributed by atoms with Crippen LogP contribution >= 0.6 is 45.8 Å². The largest absolute Gasteiger partial charge is 0.488 e. The first kappa shape index (κ1) is 25.2. The molecule has 1 N–H and O–H groups in total. The maximum Gasteiger partial charge on any atom is 0.335 e. The van der Waals surface area contributed by atoms with E-state index in [2.05, 4.69) is 27.9 Å². The number of imide groups is 2. The van der Waals surface area contributed by atoms with Gasteiger partial charge >= 0.3 is 6.03 Å². The highest BCUT2D eigenvalue weighted by Gasteiger charge is 2.36. The molecular weight excluding hydrogens is 602 g/mol. The van der Waals surface area contributed by atoms with Gasteiger partial charge in [-0.15, -0.1) is 0 Å². The molecule has 0 spiro atoms. The lowest BCUT2D eigenvalue weighted by Crippen LogP contribution is -2.54. The second-order valence-corrected chi connectivity index (χ2v) is 9.95. The molecule has 0 atom stereocenters. The second kappa shape index (κ2) is 10.4. The molecule has 4 amide bonds. The van der Waals surface area contributed by atoms with Crippen molar-refractivity contribution in [1.82, 2.24) is 5.32 Å². The van der Waals surface area contributed by atoms with E-state index < -0.39 is 17.8 Å². The minimum atomic E-state index is -0.778. The van der Waals surface area contributed by atoms with Gasteiger partial charge in [0, 0.05) is 15.6 Å². The van der Waals surface area contributed by atoms with Gasteiger partial charge in [0.05, 0.1) is 9.26 Å². The molecule has 0 unspecified atom stereocenters. The molecule has 3 aromatic carbocycles. The van der Waals surface area contributed by atoms with Gasteiger partial charge < -0.3 is 4.74 Å². The van der Waals surface area contributed by atoms with Crippen LogP contribution < -0.4 is 15.0 Å². The van der Waals surface area contributed by atoms with Crippen LogP contribution in [0.15, 0.2) is 60.2 Å². The first-order valence-electron chi connectivity index (χ1n) is 10.5. The summed E-state index contributed by atoms with van der Waals surface area (Å²) in [4.78, 5) is 39.1. The summed E-state index contributed by atoms with van der Waals surface area (Å²) in [5.74, 6) is -0.812. The summed E-state index contributed by atoms with van der Waals surface area (Å²) in [6, 6.07) is 14.9. The van der Waals surface area contributed by atoms with E-state index in [-0.39, 0.29) is 12.2 Å². The summed E-state index contributed by atoms with van der Waals surface area (Å²) in [7, 11) is 0. The van der Waals surface area contributed by atoms with Gasteiger partial charge in [0.25, 0.3) is 11.8 Å². The first-order chi connectivity index (χ1) is 16.6. The SMILES string of the molecule is Cc1ccc(N2C(=O)NC(=O)/C(=C\c3ccc(OCc4ccc(Cl)cc4Cl)c(I)c3)C2=O)cc1C. The Labute approximate surface area is 226 Å². The molecule has 1 heterocycles. The number of urea groups is 1. The zero-order chi connectivity index (χ0) is 25.3. The van der Waals surface area contributed by atoms with Crippen LogP contribution in [0.4, 0.5) is 10.5 Å². The predicted octanol–water partition coefficient (Wildman–Crippen LogP) is 6.46. The number of ether oxygens (including phenoxy) is 1. The molecule has 1 aliphatic rings. The number of carbonyl (C=O) groups excluding carboxylic acids is 3. The first-order valence-corrected chi connectivity index (χ1v) is 12.3. The lowest BCUT2D eigenvalue weighted by molar-refractivity contribution is -0.122. The summed E-state index contributed by atoms with van der Waals surface area (Å²) < 4.78 is 6.66. The van der Waals surface area contributed by atoms with Crippen LogP contribution in [0.1, 0.15) is 22.3 Å². The summed E-state index contributed by atoms with van der Waals surface area (Å²) in [5, 5.41) is 3.31. The van der Waals surface area contributed by atoms with E-state index in [4.69, 9.17) is 27.9 Å². The normalized spacial score (nSPS) is 14.9. The minimum Gasteiger partial charge on any atom is -0.488 e. The molecule has 6 nitrogen and oxygen atoms in total. The van der Waals surface area contributed by atoms with Crippen molar-refractivity contribution in [1.29, 1.82) is 0 Å². The second-order valence-electron chi connectivity index (χ2n) is 7.94. The van der Waals surface area contributed by atoms with Crippen molar-refractivity contribution in [2.24, 2.45) is 0 Å². The van der Waals surface area contributed by atoms with Gasteiger partial charge in [-0.25, -0.2) is 9.69 Å². The third kappa shape index (κ3) is 5.52. The van der Waals surface area contributed by atoms with Crippen LogP contribution in [0, 0.1) is 17.4 Å². The van der Waals surface area contributed by atoms with E-state index in [0.29, 0.717) is 27.0 Å². The highest BCUT2D eigenvalue weighted by atomic mass is 127. The number of aryl methyl sites for hydroxylation is 2. The van der Waals surface area contributed by atoms with Crippen molar-refractivity contribution in [2.45, 2.75) is 20.5 Å². The molecule has 0 bridgehead atoms. The number of benzene rings is 3. The number of nitrogens with zero attached hydrogens (tertiary/aromatic N) is 1. The zero-order valence-electron chi connectivity index (χ0n) is 18.7. The smallest absolute Gasteiger partial charge is 0.335 e. The Morgan fingerprint density at radius 2 is 1.74 bits per heavy atom. The quantitative estimate of drug-likeness (QED) is 0.202. The Hall–Kier alpha value is -2.88. The Balaban J connectivity index is 1.57. The molecule has 0 aliphatic carbocycles. The van der Waals surface area contributed by atoms with E-state index in [9.17, 15) is 14.4 Å². The van der Waals surface area contributed by atoms with Crippen molar-refractivity contribution in [3.8, 4) is 5.75 Å². The number of hydrogen-bond donors (Lipinski definition) is 1. The number of nitrogens with one attached hydrogen (secondary N) is 1. The van der Waals surface area contributed by atoms with Crippen LogP contribution in [0.2, 0.25) is 10.0 Å². The fourth-order valence-corrected chi connectivity index (χ4v) is 4.60. The summed E-state index contributed by atoms with van der Waals surface area (Å²) in [6.07, 6.45) is 1.46. The van der Waals surface area contributed by atoms with Crippen LogP contribution in [0.3, 0.4) is 0 Å². The third-order valence-electron chi connectivity index (χ3n) is 5.52. The fraction of sp³-hybridized carbons (Fsp3) is 0.115. The van der Waals surface area contributed by atoms with Gasteiger partial charge in [-0.05, 0) is 95.6 Å². The van der Waals surface area contributed by atoms with Gasteiger partial charge in [-0.3, -0.25) is 14.9 Å². The Bertz CT molecular complexity index is 1400. The van der Waals surface area contributed by atoms with Gasteiger partial charge in [0.1, 0.15) is 17.9 Å². The molecular formula is C26H19Cl2IN2O4. The van der Waals surface area contributed by atoms with Crippen molar-refractivity contribution >= 4 is 75.4 Å². The predicted molar refractivity (Wildman–Crippen MR) is 145 cm³/mol. The molecule has 0 aromatic heterocycles. The Morgan fingerprint density at radius 1 is 0.971 bits per heavy atom. The maximum absolute atomic E-state index is 13.1. The van der Waals surface area contributed by atoms with E-state index in [1.807, 2.05) is 19.9 Å². The average Bonchev–Trinajstić information content (AvgIpc) is 2.79. The topological polar surface area (TPSA) is 75.7 Å². The number of amides is 4. The van der Waals surface area contributed by atoms with E-state index in [1.54, 1.807) is 48.5 Å². The van der Waals surface area contributed by atoms with E-state index >= 15 is 0 Å². The van der Waals surface area contributed by atoms with Crippen LogP contribution in [0.25, 0.3) is 6.08 Å². The van der Waals surface area contributed by atoms with Crippen molar-refractivity contribution < 1.29 is 19.1 Å². The van der Waals surface area contributed by atoms with Gasteiger partial charge in [0.15, 0.2) is 0 Å². The van der Waals surface area contributed by atoms with Crippen molar-refractivity contribution in [3.63, 3.8) is 0 Å². The monoisotopic (exact) mass is 620 g/mol. The van der Waals surface area contributed by atoms with Crippen LogP contribution in [0.5, 0.6) is 5.75 Å². The molecule has 1 aliphatic heterocycles. The highest BCUT2D eigenvalue weighted by Crippen LogP contribution is 2.28. The number of carbonyl (C=O) groups is 3. The zero-order valence-corrected chi connectivity index (χ0v) is 22.4. The summed E-state index contributed by atoms with van der Waals surface area (Å²) >= 11 is 14.3. The maximum atomic E-state index is 13.1. The van der Waals surface area contributed by atoms with E-state index in [0.717, 1.165) is 25.2 Å². The summed E-state index contributed by atoms with van der Waals surface area (Å²) in [6.45, 7) is 4.07. The minimum absolute atomic E-state index is 0.139. The highest BCUT2D eigenvalue weighted by molar-refractivity contribution is 14.1. The molecule has 0 saturated carbocycles. The Kier molecular flexibility index (Phi) is 7.49. The molecule has 1 saturated heterocycles. The molecule has 0 radical (unpaired) electrons. The number of rotatable bonds is 5. The number of barbiturate groups is 1. The molecule has 4 rings (SSSR count). The molecule has 178 valence electrons. The van der Waals surface area contributed by atoms with Gasteiger partial charge in [0.2, 0.25) is 0 Å². The third-order valence-corrected chi connectivity index (χ3v) is 6.95. The number of anilines is 1. The molecule has 9 heteroatoms. The van der Waals surface area contributed by atoms with Crippen LogP contribution in [-0.4, -0.2) is 17.8 Å². The fourth-order valence-electron chi connectivity index (χ4n) is 3.44. The molecule has 35 heavy (non-hydrogen) atoms. The number of halogens is 3. The average molecular weight is 621 g/mol.